The zero-order valence-corrected chi connectivity index (χ0v) is 15.3. The summed E-state index contributed by atoms with van der Waals surface area (Å²) >= 11 is 0. The Morgan fingerprint density at radius 3 is 2.30 bits per heavy atom. The van der Waals surface area contributed by atoms with E-state index in [2.05, 4.69) is 46.9 Å². The molecular weight excluding hydrogens is 268 g/mol. The first kappa shape index (κ1) is 19.4. The van der Waals surface area contributed by atoms with E-state index in [0.29, 0.717) is 13.0 Å². The van der Waals surface area contributed by atoms with Gasteiger partial charge in [-0.15, -0.1) is 0 Å². The molecular formula is C16H32O3Si. The van der Waals surface area contributed by atoms with E-state index in [-0.39, 0.29) is 11.0 Å². The molecule has 0 unspecified atom stereocenters. The highest BCUT2D eigenvalue weighted by atomic mass is 28.4. The van der Waals surface area contributed by atoms with Crippen molar-refractivity contribution in [2.24, 2.45) is 0 Å². The minimum absolute atomic E-state index is 0.113. The van der Waals surface area contributed by atoms with Crippen LogP contribution in [0.4, 0.5) is 0 Å². The number of allylic oxidation sites excluding steroid dienone is 1. The molecule has 0 aliphatic rings. The highest BCUT2D eigenvalue weighted by Crippen LogP contribution is 2.36. The summed E-state index contributed by atoms with van der Waals surface area (Å²) in [5, 5.41) is 0.260. The summed E-state index contributed by atoms with van der Waals surface area (Å²) < 4.78 is 11.0. The lowest BCUT2D eigenvalue weighted by Crippen LogP contribution is -2.40. The number of hydrogen-bond acceptors (Lipinski definition) is 3. The predicted molar refractivity (Wildman–Crippen MR) is 87.4 cm³/mol. The lowest BCUT2D eigenvalue weighted by molar-refractivity contribution is -0.143. The lowest BCUT2D eigenvalue weighted by Gasteiger charge is -2.36. The molecule has 0 aliphatic carbocycles. The van der Waals surface area contributed by atoms with Gasteiger partial charge in [0.25, 0.3) is 0 Å². The van der Waals surface area contributed by atoms with Crippen LogP contribution in [0.5, 0.6) is 0 Å². The normalized spacial score (nSPS) is 13.4. The Morgan fingerprint density at radius 1 is 1.20 bits per heavy atom. The van der Waals surface area contributed by atoms with Crippen molar-refractivity contribution < 1.29 is 14.0 Å². The van der Waals surface area contributed by atoms with Crippen molar-refractivity contribution in [1.29, 1.82) is 0 Å². The van der Waals surface area contributed by atoms with Gasteiger partial charge in [-0.1, -0.05) is 32.4 Å². The van der Waals surface area contributed by atoms with Gasteiger partial charge in [-0.3, -0.25) is 4.79 Å². The first-order chi connectivity index (χ1) is 9.10. The zero-order valence-electron chi connectivity index (χ0n) is 14.3. The molecule has 0 aromatic heterocycles. The van der Waals surface area contributed by atoms with Gasteiger partial charge in [-0.2, -0.15) is 0 Å². The van der Waals surface area contributed by atoms with E-state index in [1.165, 1.54) is 5.57 Å². The van der Waals surface area contributed by atoms with Gasteiger partial charge in [0.2, 0.25) is 0 Å². The van der Waals surface area contributed by atoms with E-state index in [9.17, 15) is 4.79 Å². The molecule has 20 heavy (non-hydrogen) atoms. The molecule has 3 nitrogen and oxygen atoms in total. The van der Waals surface area contributed by atoms with Gasteiger partial charge in [0.1, 0.15) is 0 Å². The summed E-state index contributed by atoms with van der Waals surface area (Å²) in [7, 11) is -1.63. The van der Waals surface area contributed by atoms with Crippen molar-refractivity contribution in [3.63, 3.8) is 0 Å². The molecule has 0 atom stereocenters. The van der Waals surface area contributed by atoms with E-state index in [1.807, 2.05) is 6.92 Å². The van der Waals surface area contributed by atoms with E-state index < -0.39 is 8.32 Å². The fourth-order valence-corrected chi connectivity index (χ4v) is 2.53. The van der Waals surface area contributed by atoms with Crippen molar-refractivity contribution >= 4 is 14.3 Å². The second-order valence-corrected chi connectivity index (χ2v) is 11.6. The molecule has 0 bridgehead atoms. The first-order valence-corrected chi connectivity index (χ1v) is 10.5. The Hall–Kier alpha value is -0.613. The Labute approximate surface area is 125 Å². The number of carbonyl (C=O) groups excluding carboxylic acids is 1. The van der Waals surface area contributed by atoms with Crippen molar-refractivity contribution in [3.05, 3.63) is 11.6 Å². The number of esters is 1. The molecule has 0 radical (unpaired) electrons. The smallest absolute Gasteiger partial charge is 0.306 e. The number of rotatable bonds is 8. The summed E-state index contributed by atoms with van der Waals surface area (Å²) in [6.07, 6.45) is 4.34. The van der Waals surface area contributed by atoms with Crippen molar-refractivity contribution in [1.82, 2.24) is 0 Å². The van der Waals surface area contributed by atoms with E-state index in [1.54, 1.807) is 0 Å². The molecule has 0 fully saturated rings. The van der Waals surface area contributed by atoms with Gasteiger partial charge in [0.05, 0.1) is 6.61 Å². The molecule has 0 aromatic carbocycles. The fourth-order valence-electron chi connectivity index (χ4n) is 1.47. The van der Waals surface area contributed by atoms with Crippen LogP contribution < -0.4 is 0 Å². The topological polar surface area (TPSA) is 35.5 Å². The molecule has 0 rings (SSSR count). The number of carbonyl (C=O) groups is 1. The molecule has 118 valence electrons. The Bertz CT molecular complexity index is 327. The van der Waals surface area contributed by atoms with E-state index in [0.717, 1.165) is 19.4 Å². The van der Waals surface area contributed by atoms with Gasteiger partial charge in [0, 0.05) is 13.0 Å². The largest absolute Gasteiger partial charge is 0.466 e. The predicted octanol–water partition coefficient (Wildman–Crippen LogP) is 4.69. The average molecular weight is 301 g/mol. The third-order valence-electron chi connectivity index (χ3n) is 3.91. The summed E-state index contributed by atoms with van der Waals surface area (Å²) in [6.45, 7) is 16.4. The third-order valence-corrected chi connectivity index (χ3v) is 8.45. The summed E-state index contributed by atoms with van der Waals surface area (Å²) in [4.78, 5) is 11.3. The number of ether oxygens (including phenoxy) is 1. The van der Waals surface area contributed by atoms with Crippen molar-refractivity contribution in [3.8, 4) is 0 Å². The van der Waals surface area contributed by atoms with E-state index >= 15 is 0 Å². The summed E-state index contributed by atoms with van der Waals surface area (Å²) in [6, 6.07) is 0. The zero-order chi connectivity index (χ0) is 15.8. The molecule has 0 heterocycles. The second-order valence-electron chi connectivity index (χ2n) is 6.75. The molecule has 0 spiro atoms. The lowest BCUT2D eigenvalue weighted by atomic mass is 10.1. The minimum atomic E-state index is -1.63. The molecule has 0 saturated carbocycles. The van der Waals surface area contributed by atoms with Crippen LogP contribution in [0, 0.1) is 0 Å². The van der Waals surface area contributed by atoms with Gasteiger partial charge in [0.15, 0.2) is 8.32 Å². The maximum Gasteiger partial charge on any atom is 0.306 e. The van der Waals surface area contributed by atoms with Crippen LogP contribution in [-0.2, 0) is 14.0 Å². The highest BCUT2D eigenvalue weighted by Gasteiger charge is 2.36. The average Bonchev–Trinajstić information content (AvgIpc) is 2.31. The Kier molecular flexibility index (Phi) is 8.36. The highest BCUT2D eigenvalue weighted by molar-refractivity contribution is 6.74. The SMILES string of the molecule is CCOC(=O)CCC(C)=CCCO[Si](C)(C)C(C)(C)C. The van der Waals surface area contributed by atoms with Crippen molar-refractivity contribution in [2.45, 2.75) is 72.0 Å². The van der Waals surface area contributed by atoms with Crippen molar-refractivity contribution in [2.75, 3.05) is 13.2 Å². The summed E-state index contributed by atoms with van der Waals surface area (Å²) in [5.74, 6) is -0.113. The molecule has 0 saturated heterocycles. The number of hydrogen-bond donors (Lipinski definition) is 0. The quantitative estimate of drug-likeness (QED) is 0.282. The molecule has 0 aliphatic heterocycles. The van der Waals surface area contributed by atoms with Gasteiger partial charge < -0.3 is 9.16 Å². The van der Waals surface area contributed by atoms with Crippen LogP contribution in [0.15, 0.2) is 11.6 Å². The summed E-state index contributed by atoms with van der Waals surface area (Å²) in [5.41, 5.74) is 1.23. The molecule has 0 amide bonds. The van der Waals surface area contributed by atoms with Crippen LogP contribution in [0.25, 0.3) is 0 Å². The van der Waals surface area contributed by atoms with Crippen LogP contribution in [-0.4, -0.2) is 27.5 Å². The molecule has 0 aromatic rings. The maximum absolute atomic E-state index is 11.3. The molecule has 0 N–H and O–H groups in total. The third kappa shape index (κ3) is 7.85. The molecule has 4 heteroatoms. The second kappa shape index (κ2) is 8.62. The fraction of sp³-hybridized carbons (Fsp3) is 0.812. The Morgan fingerprint density at radius 2 is 1.80 bits per heavy atom. The Balaban J connectivity index is 3.98. The van der Waals surface area contributed by atoms with Crippen LogP contribution in [0.1, 0.15) is 53.9 Å². The minimum Gasteiger partial charge on any atom is -0.466 e. The monoisotopic (exact) mass is 300 g/mol. The van der Waals surface area contributed by atoms with Gasteiger partial charge in [-0.25, -0.2) is 0 Å². The van der Waals surface area contributed by atoms with Crippen LogP contribution in [0.3, 0.4) is 0 Å². The van der Waals surface area contributed by atoms with Crippen LogP contribution in [0.2, 0.25) is 18.1 Å². The standard InChI is InChI=1S/C16H32O3Si/c1-8-18-15(17)12-11-14(2)10-9-13-19-20(6,7)16(3,4)5/h10H,8-9,11-13H2,1-7H3. The first-order valence-electron chi connectivity index (χ1n) is 7.55. The van der Waals surface area contributed by atoms with Gasteiger partial charge in [-0.05, 0) is 44.8 Å². The van der Waals surface area contributed by atoms with E-state index in [4.69, 9.17) is 9.16 Å². The van der Waals surface area contributed by atoms with Gasteiger partial charge >= 0.3 is 5.97 Å². The van der Waals surface area contributed by atoms with Crippen LogP contribution >= 0.6 is 0 Å². The maximum atomic E-state index is 11.3.